The van der Waals surface area contributed by atoms with Crippen molar-refractivity contribution in [1.82, 2.24) is 4.31 Å². The van der Waals surface area contributed by atoms with E-state index in [-0.39, 0.29) is 11.1 Å². The second-order valence-electron chi connectivity index (χ2n) is 8.95. The van der Waals surface area contributed by atoms with Crippen LogP contribution in [0.25, 0.3) is 0 Å². The first kappa shape index (κ1) is 20.1. The first-order valence-electron chi connectivity index (χ1n) is 8.35. The van der Waals surface area contributed by atoms with Gasteiger partial charge in [-0.15, -0.1) is 0 Å². The summed E-state index contributed by atoms with van der Waals surface area (Å²) < 4.78 is 31.6. The molecule has 1 aliphatic rings. The first-order valence-corrected chi connectivity index (χ1v) is 12.7. The smallest absolute Gasteiger partial charge is 0.219 e. The zero-order valence-corrected chi connectivity index (χ0v) is 17.5. The van der Waals surface area contributed by atoms with Gasteiger partial charge in [0.05, 0.1) is 4.75 Å². The molecule has 1 fully saturated rings. The fraction of sp³-hybridized carbons (Fsp3) is 1.00. The summed E-state index contributed by atoms with van der Waals surface area (Å²) in [4.78, 5) is 0. The second kappa shape index (κ2) is 6.53. The highest BCUT2D eigenvalue weighted by Crippen LogP contribution is 2.37. The van der Waals surface area contributed by atoms with E-state index in [2.05, 4.69) is 33.9 Å². The molecule has 0 aromatic carbocycles. The van der Waals surface area contributed by atoms with Gasteiger partial charge < -0.3 is 4.43 Å². The Morgan fingerprint density at radius 3 is 2.09 bits per heavy atom. The Balaban J connectivity index is 2.27. The SMILES string of the molecule is CC(C)(C)[Si](C)(C)OCCCCC1CN1S(=O)(=O)C(C)(C)C. The van der Waals surface area contributed by atoms with Crippen LogP contribution >= 0.6 is 0 Å². The highest BCUT2D eigenvalue weighted by Gasteiger charge is 2.48. The largest absolute Gasteiger partial charge is 0.417 e. The van der Waals surface area contributed by atoms with Crippen molar-refractivity contribution in [3.8, 4) is 0 Å². The number of unbranched alkanes of at least 4 members (excludes halogenated alkanes) is 1. The van der Waals surface area contributed by atoms with Crippen molar-refractivity contribution < 1.29 is 12.8 Å². The Hall–Kier alpha value is 0.0869. The number of rotatable bonds is 7. The first-order chi connectivity index (χ1) is 9.70. The van der Waals surface area contributed by atoms with Gasteiger partial charge in [-0.3, -0.25) is 0 Å². The van der Waals surface area contributed by atoms with Gasteiger partial charge >= 0.3 is 0 Å². The van der Waals surface area contributed by atoms with Crippen LogP contribution in [-0.2, 0) is 14.4 Å². The van der Waals surface area contributed by atoms with Crippen LogP contribution in [0.1, 0.15) is 60.8 Å². The predicted octanol–water partition coefficient (Wildman–Crippen LogP) is 3.99. The van der Waals surface area contributed by atoms with Crippen molar-refractivity contribution in [2.24, 2.45) is 0 Å². The Bertz CT molecular complexity index is 475. The third-order valence-corrected chi connectivity index (χ3v) is 12.1. The molecule has 2 unspecified atom stereocenters. The van der Waals surface area contributed by atoms with Crippen molar-refractivity contribution in [2.75, 3.05) is 13.2 Å². The number of sulfonamides is 1. The minimum Gasteiger partial charge on any atom is -0.417 e. The van der Waals surface area contributed by atoms with Crippen LogP contribution in [-0.4, -0.2) is 45.0 Å². The molecule has 0 radical (unpaired) electrons. The molecule has 22 heavy (non-hydrogen) atoms. The Kier molecular flexibility index (Phi) is 5.98. The normalized spacial score (nSPS) is 23.6. The summed E-state index contributed by atoms with van der Waals surface area (Å²) >= 11 is 0. The van der Waals surface area contributed by atoms with E-state index in [1.807, 2.05) is 0 Å². The Morgan fingerprint density at radius 1 is 1.09 bits per heavy atom. The van der Waals surface area contributed by atoms with Crippen LogP contribution in [0.2, 0.25) is 18.1 Å². The predicted molar refractivity (Wildman–Crippen MR) is 96.2 cm³/mol. The highest BCUT2D eigenvalue weighted by atomic mass is 32.2. The van der Waals surface area contributed by atoms with E-state index in [0.29, 0.717) is 6.54 Å². The summed E-state index contributed by atoms with van der Waals surface area (Å²) in [6.07, 6.45) is 3.01. The lowest BCUT2D eigenvalue weighted by Gasteiger charge is -2.36. The molecule has 6 heteroatoms. The Morgan fingerprint density at radius 2 is 1.64 bits per heavy atom. The summed E-state index contributed by atoms with van der Waals surface area (Å²) in [6.45, 7) is 18.1. The van der Waals surface area contributed by atoms with E-state index in [1.165, 1.54) is 0 Å². The monoisotopic (exact) mass is 349 g/mol. The van der Waals surface area contributed by atoms with E-state index >= 15 is 0 Å². The summed E-state index contributed by atoms with van der Waals surface area (Å²) in [7, 11) is -4.77. The Labute approximate surface area is 138 Å². The average molecular weight is 350 g/mol. The third-order valence-electron chi connectivity index (χ3n) is 4.95. The summed E-state index contributed by atoms with van der Waals surface area (Å²) in [5.74, 6) is 0. The van der Waals surface area contributed by atoms with E-state index in [0.717, 1.165) is 25.9 Å². The lowest BCUT2D eigenvalue weighted by Crippen LogP contribution is -2.40. The fourth-order valence-electron chi connectivity index (χ4n) is 2.07. The van der Waals surface area contributed by atoms with Gasteiger partial charge in [0, 0.05) is 19.2 Å². The van der Waals surface area contributed by atoms with Crippen molar-refractivity contribution in [3.63, 3.8) is 0 Å². The molecule has 0 aromatic heterocycles. The maximum Gasteiger partial charge on any atom is 0.219 e. The highest BCUT2D eigenvalue weighted by molar-refractivity contribution is 7.90. The van der Waals surface area contributed by atoms with Gasteiger partial charge in [0.25, 0.3) is 0 Å². The van der Waals surface area contributed by atoms with Crippen molar-refractivity contribution >= 4 is 18.3 Å². The standard InChI is InChI=1S/C16H35NO3SSi/c1-15(2,3)21(18,19)17-13-14(17)11-9-10-12-20-22(7,8)16(4,5)6/h14H,9-13H2,1-8H3. The van der Waals surface area contributed by atoms with Crippen LogP contribution < -0.4 is 0 Å². The quantitative estimate of drug-likeness (QED) is 0.396. The zero-order valence-electron chi connectivity index (χ0n) is 15.7. The molecule has 0 bridgehead atoms. The fourth-order valence-corrected chi connectivity index (χ4v) is 4.73. The van der Waals surface area contributed by atoms with Gasteiger partial charge in [0.2, 0.25) is 10.0 Å². The van der Waals surface area contributed by atoms with Crippen LogP contribution in [0.4, 0.5) is 0 Å². The molecule has 0 saturated carbocycles. The van der Waals surface area contributed by atoms with E-state index in [1.54, 1.807) is 25.1 Å². The third kappa shape index (κ3) is 4.79. The van der Waals surface area contributed by atoms with Gasteiger partial charge in [-0.05, 0) is 58.2 Å². The lowest BCUT2D eigenvalue weighted by atomic mass is 10.2. The van der Waals surface area contributed by atoms with Crippen LogP contribution in [0.3, 0.4) is 0 Å². The van der Waals surface area contributed by atoms with Gasteiger partial charge in [0.15, 0.2) is 8.32 Å². The zero-order chi connectivity index (χ0) is 17.4. The summed E-state index contributed by atoms with van der Waals surface area (Å²) in [5.41, 5.74) is 0. The number of hydrogen-bond acceptors (Lipinski definition) is 3. The van der Waals surface area contributed by atoms with Crippen LogP contribution in [0.15, 0.2) is 0 Å². The molecule has 0 spiro atoms. The molecule has 0 aliphatic carbocycles. The molecule has 0 aromatic rings. The van der Waals surface area contributed by atoms with E-state index in [9.17, 15) is 8.42 Å². The maximum absolute atomic E-state index is 12.3. The summed E-state index contributed by atoms with van der Waals surface area (Å²) in [5, 5.41) is 0.251. The average Bonchev–Trinajstić information content (AvgIpc) is 3.05. The van der Waals surface area contributed by atoms with Gasteiger partial charge in [-0.25, -0.2) is 8.42 Å². The number of hydrogen-bond donors (Lipinski definition) is 0. The molecule has 4 nitrogen and oxygen atoms in total. The van der Waals surface area contributed by atoms with E-state index < -0.39 is 23.1 Å². The molecule has 1 saturated heterocycles. The van der Waals surface area contributed by atoms with Gasteiger partial charge in [0.1, 0.15) is 0 Å². The van der Waals surface area contributed by atoms with Crippen LogP contribution in [0.5, 0.6) is 0 Å². The van der Waals surface area contributed by atoms with Crippen molar-refractivity contribution in [3.05, 3.63) is 0 Å². The molecule has 1 aliphatic heterocycles. The molecule has 1 heterocycles. The molecule has 2 atom stereocenters. The van der Waals surface area contributed by atoms with Gasteiger partial charge in [-0.1, -0.05) is 20.8 Å². The van der Waals surface area contributed by atoms with Crippen molar-refractivity contribution in [2.45, 2.75) is 89.7 Å². The molecular formula is C16H35NO3SSi. The molecule has 1 rings (SSSR count). The maximum atomic E-state index is 12.3. The minimum atomic E-state index is -3.13. The van der Waals surface area contributed by atoms with E-state index in [4.69, 9.17) is 4.43 Å². The van der Waals surface area contributed by atoms with Gasteiger partial charge in [-0.2, -0.15) is 4.31 Å². The molecule has 132 valence electrons. The van der Waals surface area contributed by atoms with Crippen molar-refractivity contribution in [1.29, 1.82) is 0 Å². The molecule has 0 amide bonds. The minimum absolute atomic E-state index is 0.220. The van der Waals surface area contributed by atoms with Crippen LogP contribution in [0, 0.1) is 0 Å². The summed E-state index contributed by atoms with van der Waals surface area (Å²) in [6, 6.07) is 0.220. The molecule has 0 N–H and O–H groups in total. The second-order valence-corrected chi connectivity index (χ2v) is 16.4. The number of nitrogens with zero attached hydrogens (tertiary/aromatic N) is 1. The molecular weight excluding hydrogens is 314 g/mol. The topological polar surface area (TPSA) is 46.4 Å². The lowest BCUT2D eigenvalue weighted by molar-refractivity contribution is 0.277.